The maximum Gasteiger partial charge on any atom is 0.251 e. The van der Waals surface area contributed by atoms with Gasteiger partial charge in [-0.2, -0.15) is 0 Å². The zero-order chi connectivity index (χ0) is 11.5. The Balaban J connectivity index is 1.91. The van der Waals surface area contributed by atoms with Crippen LogP contribution in [0, 0.1) is 0 Å². The SMILES string of the molecule is CN(Cc1ccc(Br)s1)C(=O)C1CCCO1. The fourth-order valence-electron chi connectivity index (χ4n) is 1.77. The summed E-state index contributed by atoms with van der Waals surface area (Å²) in [6.45, 7) is 1.38. The number of halogens is 1. The molecule has 0 saturated carbocycles. The lowest BCUT2D eigenvalue weighted by molar-refractivity contribution is -0.140. The van der Waals surface area contributed by atoms with Gasteiger partial charge in [0, 0.05) is 18.5 Å². The monoisotopic (exact) mass is 303 g/mol. The molecule has 2 heterocycles. The molecule has 1 atom stereocenters. The van der Waals surface area contributed by atoms with Crippen molar-refractivity contribution in [3.63, 3.8) is 0 Å². The van der Waals surface area contributed by atoms with E-state index < -0.39 is 0 Å². The Kier molecular flexibility index (Phi) is 4.00. The van der Waals surface area contributed by atoms with Crippen molar-refractivity contribution in [1.82, 2.24) is 4.90 Å². The third-order valence-electron chi connectivity index (χ3n) is 2.60. The minimum Gasteiger partial charge on any atom is -0.368 e. The third-order valence-corrected chi connectivity index (χ3v) is 4.21. The van der Waals surface area contributed by atoms with Crippen LogP contribution in [-0.2, 0) is 16.1 Å². The Hall–Kier alpha value is -0.390. The molecule has 1 aromatic heterocycles. The van der Waals surface area contributed by atoms with E-state index in [1.54, 1.807) is 16.2 Å². The first-order valence-electron chi connectivity index (χ1n) is 5.27. The summed E-state index contributed by atoms with van der Waals surface area (Å²) in [6.07, 6.45) is 1.64. The summed E-state index contributed by atoms with van der Waals surface area (Å²) in [4.78, 5) is 14.9. The van der Waals surface area contributed by atoms with Gasteiger partial charge < -0.3 is 9.64 Å². The van der Waals surface area contributed by atoms with Crippen molar-refractivity contribution in [2.75, 3.05) is 13.7 Å². The van der Waals surface area contributed by atoms with Gasteiger partial charge in [0.1, 0.15) is 6.10 Å². The summed E-state index contributed by atoms with van der Waals surface area (Å²) >= 11 is 5.07. The average molecular weight is 304 g/mol. The summed E-state index contributed by atoms with van der Waals surface area (Å²) in [5.74, 6) is 0.0991. The number of ether oxygens (including phenoxy) is 1. The van der Waals surface area contributed by atoms with Crippen LogP contribution in [0.25, 0.3) is 0 Å². The van der Waals surface area contributed by atoms with Gasteiger partial charge in [-0.05, 0) is 40.9 Å². The van der Waals surface area contributed by atoms with Crippen LogP contribution < -0.4 is 0 Å². The van der Waals surface area contributed by atoms with Crippen LogP contribution in [0.3, 0.4) is 0 Å². The van der Waals surface area contributed by atoms with Crippen LogP contribution in [0.15, 0.2) is 15.9 Å². The van der Waals surface area contributed by atoms with Gasteiger partial charge in [-0.15, -0.1) is 11.3 Å². The maximum atomic E-state index is 12.0. The Morgan fingerprint density at radius 2 is 2.50 bits per heavy atom. The van der Waals surface area contributed by atoms with E-state index >= 15 is 0 Å². The van der Waals surface area contributed by atoms with Gasteiger partial charge in [0.2, 0.25) is 0 Å². The van der Waals surface area contributed by atoms with Crippen molar-refractivity contribution in [3.05, 3.63) is 20.8 Å². The number of carbonyl (C=O) groups excluding carboxylic acids is 1. The molecular formula is C11H14BrNO2S. The Labute approximate surface area is 108 Å². The summed E-state index contributed by atoms with van der Waals surface area (Å²) in [5.41, 5.74) is 0. The Morgan fingerprint density at radius 1 is 1.69 bits per heavy atom. The molecule has 1 aromatic rings. The largest absolute Gasteiger partial charge is 0.368 e. The molecule has 16 heavy (non-hydrogen) atoms. The lowest BCUT2D eigenvalue weighted by Gasteiger charge is -2.19. The van der Waals surface area contributed by atoms with Crippen LogP contribution in [0.1, 0.15) is 17.7 Å². The number of hydrogen-bond donors (Lipinski definition) is 0. The van der Waals surface area contributed by atoms with E-state index in [0.717, 1.165) is 23.2 Å². The fourth-order valence-corrected chi connectivity index (χ4v) is 3.30. The van der Waals surface area contributed by atoms with Crippen LogP contribution in [-0.4, -0.2) is 30.6 Å². The number of rotatable bonds is 3. The number of hydrogen-bond acceptors (Lipinski definition) is 3. The maximum absolute atomic E-state index is 12.0. The molecule has 0 spiro atoms. The fraction of sp³-hybridized carbons (Fsp3) is 0.545. The van der Waals surface area contributed by atoms with Crippen molar-refractivity contribution >= 4 is 33.2 Å². The number of nitrogens with zero attached hydrogens (tertiary/aromatic N) is 1. The average Bonchev–Trinajstić information content (AvgIpc) is 2.88. The highest BCUT2D eigenvalue weighted by molar-refractivity contribution is 9.11. The van der Waals surface area contributed by atoms with Crippen molar-refractivity contribution in [2.45, 2.75) is 25.5 Å². The molecule has 2 rings (SSSR count). The van der Waals surface area contributed by atoms with Gasteiger partial charge >= 0.3 is 0 Å². The van der Waals surface area contributed by atoms with Gasteiger partial charge in [-0.25, -0.2) is 0 Å². The first-order valence-corrected chi connectivity index (χ1v) is 6.88. The second-order valence-corrected chi connectivity index (χ2v) is 6.45. The van der Waals surface area contributed by atoms with Crippen LogP contribution >= 0.6 is 27.3 Å². The highest BCUT2D eigenvalue weighted by atomic mass is 79.9. The molecule has 0 radical (unpaired) electrons. The molecule has 5 heteroatoms. The molecule has 1 unspecified atom stereocenters. The number of carbonyl (C=O) groups is 1. The zero-order valence-corrected chi connectivity index (χ0v) is 11.5. The van der Waals surface area contributed by atoms with E-state index in [4.69, 9.17) is 4.74 Å². The highest BCUT2D eigenvalue weighted by Crippen LogP contribution is 2.23. The zero-order valence-electron chi connectivity index (χ0n) is 9.11. The lowest BCUT2D eigenvalue weighted by Crippen LogP contribution is -2.35. The van der Waals surface area contributed by atoms with Gasteiger partial charge in [0.25, 0.3) is 5.91 Å². The number of thiophene rings is 1. The second-order valence-electron chi connectivity index (χ2n) is 3.90. The molecule has 0 aliphatic carbocycles. The topological polar surface area (TPSA) is 29.5 Å². The van der Waals surface area contributed by atoms with Crippen LogP contribution in [0.2, 0.25) is 0 Å². The number of amides is 1. The minimum atomic E-state index is -0.214. The summed E-state index contributed by atoms with van der Waals surface area (Å²) < 4.78 is 6.48. The molecular weight excluding hydrogens is 290 g/mol. The van der Waals surface area contributed by atoms with Crippen LogP contribution in [0.4, 0.5) is 0 Å². The molecule has 1 aliphatic rings. The van der Waals surface area contributed by atoms with Crippen molar-refractivity contribution in [3.8, 4) is 0 Å². The smallest absolute Gasteiger partial charge is 0.251 e. The normalized spacial score (nSPS) is 20.0. The van der Waals surface area contributed by atoms with Crippen molar-refractivity contribution < 1.29 is 9.53 Å². The molecule has 0 N–H and O–H groups in total. The quantitative estimate of drug-likeness (QED) is 0.859. The predicted octanol–water partition coefficient (Wildman–Crippen LogP) is 2.65. The number of likely N-dealkylation sites (N-methyl/N-ethyl adjacent to an activating group) is 1. The van der Waals surface area contributed by atoms with Gasteiger partial charge in [0.15, 0.2) is 0 Å². The van der Waals surface area contributed by atoms with E-state index in [9.17, 15) is 4.79 Å². The van der Waals surface area contributed by atoms with Gasteiger partial charge in [0.05, 0.1) is 10.3 Å². The van der Waals surface area contributed by atoms with E-state index in [0.29, 0.717) is 6.54 Å². The molecule has 0 aromatic carbocycles. The van der Waals surface area contributed by atoms with Gasteiger partial charge in [-0.3, -0.25) is 4.79 Å². The summed E-state index contributed by atoms with van der Waals surface area (Å²) in [6, 6.07) is 4.04. The Morgan fingerprint density at radius 3 is 3.06 bits per heavy atom. The predicted molar refractivity (Wildman–Crippen MR) is 67.5 cm³/mol. The minimum absolute atomic E-state index is 0.0991. The van der Waals surface area contributed by atoms with E-state index in [1.807, 2.05) is 19.2 Å². The molecule has 1 aliphatic heterocycles. The van der Waals surface area contributed by atoms with E-state index in [-0.39, 0.29) is 12.0 Å². The van der Waals surface area contributed by atoms with E-state index in [2.05, 4.69) is 15.9 Å². The lowest BCUT2D eigenvalue weighted by atomic mass is 10.2. The molecule has 1 saturated heterocycles. The molecule has 1 amide bonds. The van der Waals surface area contributed by atoms with Crippen LogP contribution in [0.5, 0.6) is 0 Å². The highest BCUT2D eigenvalue weighted by Gasteiger charge is 2.26. The molecule has 0 bridgehead atoms. The summed E-state index contributed by atoms with van der Waals surface area (Å²) in [7, 11) is 1.83. The van der Waals surface area contributed by atoms with Crippen molar-refractivity contribution in [2.24, 2.45) is 0 Å². The molecule has 1 fully saturated rings. The first-order chi connectivity index (χ1) is 7.66. The van der Waals surface area contributed by atoms with Crippen molar-refractivity contribution in [1.29, 1.82) is 0 Å². The summed E-state index contributed by atoms with van der Waals surface area (Å²) in [5, 5.41) is 0. The standard InChI is InChI=1S/C11H14BrNO2S/c1-13(7-8-4-5-10(12)16-8)11(14)9-3-2-6-15-9/h4-5,9H,2-3,6-7H2,1H3. The van der Waals surface area contributed by atoms with E-state index in [1.165, 1.54) is 4.88 Å². The molecule has 88 valence electrons. The Bertz CT molecular complexity index is 374. The molecule has 3 nitrogen and oxygen atoms in total. The van der Waals surface area contributed by atoms with Gasteiger partial charge in [-0.1, -0.05) is 0 Å². The second kappa shape index (κ2) is 5.29. The first kappa shape index (κ1) is 12.1. The third kappa shape index (κ3) is 2.84.